The number of carbonyl (C=O) groups is 2. The van der Waals surface area contributed by atoms with Gasteiger partial charge in [-0.15, -0.1) is 6.58 Å². The van der Waals surface area contributed by atoms with Crippen LogP contribution in [0.1, 0.15) is 78.6 Å². The van der Waals surface area contributed by atoms with Crippen LogP contribution in [0.4, 0.5) is 0 Å². The first-order valence-corrected chi connectivity index (χ1v) is 9.04. The minimum Gasteiger partial charge on any atom is -0.465 e. The molecule has 4 nitrogen and oxygen atoms in total. The van der Waals surface area contributed by atoms with E-state index in [0.29, 0.717) is 26.1 Å². The Bertz CT molecular complexity index is 325. The quantitative estimate of drug-likeness (QED) is 0.199. The second-order valence-corrected chi connectivity index (χ2v) is 6.01. The number of carbonyl (C=O) groups excluding carboxylic acids is 2. The average molecular weight is 326 g/mol. The summed E-state index contributed by atoms with van der Waals surface area (Å²) in [6, 6.07) is 0. The van der Waals surface area contributed by atoms with Crippen molar-refractivity contribution >= 4 is 11.9 Å². The van der Waals surface area contributed by atoms with Crippen LogP contribution in [0.5, 0.6) is 0 Å². The van der Waals surface area contributed by atoms with Gasteiger partial charge in [-0.2, -0.15) is 0 Å². The molecule has 0 fully saturated rings. The van der Waals surface area contributed by atoms with Crippen molar-refractivity contribution in [3.63, 3.8) is 0 Å². The standard InChI is InChI=1S/C19H34O4/c1-5-9-11-15-22-17(20)19(13-7-3,14-8-4)18(21)23-16-12-10-6-2/h7H,3,5-6,8-16H2,1-2,4H3. The Kier molecular flexibility index (Phi) is 12.4. The van der Waals surface area contributed by atoms with Gasteiger partial charge >= 0.3 is 11.9 Å². The second kappa shape index (κ2) is 13.1. The molecule has 0 aliphatic carbocycles. The highest BCUT2D eigenvalue weighted by Gasteiger charge is 2.47. The van der Waals surface area contributed by atoms with Gasteiger partial charge in [0.15, 0.2) is 5.41 Å². The number of hydrogen-bond donors (Lipinski definition) is 0. The molecule has 134 valence electrons. The summed E-state index contributed by atoms with van der Waals surface area (Å²) in [5, 5.41) is 0. The van der Waals surface area contributed by atoms with E-state index in [0.717, 1.165) is 38.5 Å². The van der Waals surface area contributed by atoms with E-state index < -0.39 is 17.4 Å². The van der Waals surface area contributed by atoms with Gasteiger partial charge in [-0.1, -0.05) is 59.0 Å². The first kappa shape index (κ1) is 21.7. The Balaban J connectivity index is 4.86. The maximum Gasteiger partial charge on any atom is 0.323 e. The zero-order valence-corrected chi connectivity index (χ0v) is 15.2. The molecule has 0 aromatic carbocycles. The van der Waals surface area contributed by atoms with Gasteiger partial charge in [0.2, 0.25) is 0 Å². The van der Waals surface area contributed by atoms with Crippen molar-refractivity contribution in [2.75, 3.05) is 13.2 Å². The van der Waals surface area contributed by atoms with Crippen LogP contribution >= 0.6 is 0 Å². The van der Waals surface area contributed by atoms with E-state index in [2.05, 4.69) is 20.4 Å². The molecular formula is C19H34O4. The lowest BCUT2D eigenvalue weighted by atomic mass is 9.80. The summed E-state index contributed by atoms with van der Waals surface area (Å²) < 4.78 is 10.8. The molecule has 0 saturated heterocycles. The van der Waals surface area contributed by atoms with Gasteiger partial charge in [0.05, 0.1) is 13.2 Å². The second-order valence-electron chi connectivity index (χ2n) is 6.01. The molecule has 23 heavy (non-hydrogen) atoms. The minimum atomic E-state index is -1.23. The van der Waals surface area contributed by atoms with Crippen LogP contribution in [0.25, 0.3) is 0 Å². The molecule has 0 saturated carbocycles. The van der Waals surface area contributed by atoms with Gasteiger partial charge < -0.3 is 9.47 Å². The van der Waals surface area contributed by atoms with E-state index in [1.54, 1.807) is 6.08 Å². The molecule has 0 unspecified atom stereocenters. The van der Waals surface area contributed by atoms with Gasteiger partial charge in [-0.25, -0.2) is 0 Å². The Hall–Kier alpha value is -1.32. The summed E-state index contributed by atoms with van der Waals surface area (Å²) in [4.78, 5) is 25.1. The van der Waals surface area contributed by atoms with E-state index in [1.165, 1.54) is 0 Å². The zero-order chi connectivity index (χ0) is 17.6. The molecule has 0 rings (SSSR count). The minimum absolute atomic E-state index is 0.264. The van der Waals surface area contributed by atoms with Crippen molar-refractivity contribution in [2.45, 2.75) is 78.6 Å². The predicted octanol–water partition coefficient (Wildman–Crippen LogP) is 4.82. The molecule has 0 aliphatic rings. The first-order valence-electron chi connectivity index (χ1n) is 9.04. The van der Waals surface area contributed by atoms with Crippen LogP contribution in [0.3, 0.4) is 0 Å². The fraction of sp³-hybridized carbons (Fsp3) is 0.789. The molecule has 0 aliphatic heterocycles. The highest BCUT2D eigenvalue weighted by molar-refractivity contribution is 6.00. The summed E-state index contributed by atoms with van der Waals surface area (Å²) in [5.74, 6) is -0.924. The lowest BCUT2D eigenvalue weighted by Crippen LogP contribution is -2.42. The fourth-order valence-electron chi connectivity index (χ4n) is 2.54. The van der Waals surface area contributed by atoms with Crippen molar-refractivity contribution in [1.29, 1.82) is 0 Å². The maximum atomic E-state index is 12.6. The lowest BCUT2D eigenvalue weighted by Gasteiger charge is -2.28. The lowest BCUT2D eigenvalue weighted by molar-refractivity contribution is -0.173. The predicted molar refractivity (Wildman–Crippen MR) is 93.1 cm³/mol. The summed E-state index contributed by atoms with van der Waals surface area (Å²) in [5.41, 5.74) is -1.23. The summed E-state index contributed by atoms with van der Waals surface area (Å²) in [7, 11) is 0. The van der Waals surface area contributed by atoms with Crippen LogP contribution in [0.15, 0.2) is 12.7 Å². The van der Waals surface area contributed by atoms with Crippen molar-refractivity contribution in [1.82, 2.24) is 0 Å². The van der Waals surface area contributed by atoms with E-state index in [1.807, 2.05) is 6.92 Å². The van der Waals surface area contributed by atoms with E-state index in [9.17, 15) is 9.59 Å². The molecule has 0 N–H and O–H groups in total. The molecule has 0 bridgehead atoms. The van der Waals surface area contributed by atoms with Crippen molar-refractivity contribution < 1.29 is 19.1 Å². The normalized spacial score (nSPS) is 11.1. The first-order chi connectivity index (χ1) is 11.1. The van der Waals surface area contributed by atoms with Gasteiger partial charge in [-0.05, 0) is 25.7 Å². The van der Waals surface area contributed by atoms with Crippen molar-refractivity contribution in [2.24, 2.45) is 5.41 Å². The molecule has 0 aromatic rings. The Labute approximate surface area is 141 Å². The van der Waals surface area contributed by atoms with E-state index in [4.69, 9.17) is 9.47 Å². The Morgan fingerprint density at radius 1 is 0.870 bits per heavy atom. The van der Waals surface area contributed by atoms with E-state index >= 15 is 0 Å². The van der Waals surface area contributed by atoms with Gasteiger partial charge in [0.1, 0.15) is 0 Å². The number of ether oxygens (including phenoxy) is 2. The molecular weight excluding hydrogens is 292 g/mol. The number of hydrogen-bond acceptors (Lipinski definition) is 4. The van der Waals surface area contributed by atoms with E-state index in [-0.39, 0.29) is 6.42 Å². The Morgan fingerprint density at radius 3 is 1.70 bits per heavy atom. The molecule has 4 heteroatoms. The highest BCUT2D eigenvalue weighted by atomic mass is 16.6. The van der Waals surface area contributed by atoms with Gasteiger partial charge in [-0.3, -0.25) is 9.59 Å². The molecule has 0 amide bonds. The molecule has 0 radical (unpaired) electrons. The van der Waals surface area contributed by atoms with Crippen molar-refractivity contribution in [3.05, 3.63) is 12.7 Å². The number of unbranched alkanes of at least 4 members (excludes halogenated alkanes) is 4. The van der Waals surface area contributed by atoms with Crippen LogP contribution in [-0.2, 0) is 19.1 Å². The third kappa shape index (κ3) is 7.67. The van der Waals surface area contributed by atoms with Crippen LogP contribution in [-0.4, -0.2) is 25.2 Å². The summed E-state index contributed by atoms with van der Waals surface area (Å²) >= 11 is 0. The molecule has 0 heterocycles. The van der Waals surface area contributed by atoms with Crippen LogP contribution < -0.4 is 0 Å². The maximum absolute atomic E-state index is 12.6. The SMILES string of the molecule is C=CCC(CCC)(C(=O)OCCCCC)C(=O)OCCCCC. The number of esters is 2. The largest absolute Gasteiger partial charge is 0.465 e. The molecule has 0 spiro atoms. The Morgan fingerprint density at radius 2 is 1.35 bits per heavy atom. The monoisotopic (exact) mass is 326 g/mol. The zero-order valence-electron chi connectivity index (χ0n) is 15.2. The van der Waals surface area contributed by atoms with Gasteiger partial charge in [0.25, 0.3) is 0 Å². The summed E-state index contributed by atoms with van der Waals surface area (Å²) in [6.45, 7) is 10.6. The third-order valence-electron chi connectivity index (χ3n) is 3.91. The van der Waals surface area contributed by atoms with Gasteiger partial charge in [0, 0.05) is 0 Å². The molecule has 0 atom stereocenters. The van der Waals surface area contributed by atoms with Crippen LogP contribution in [0, 0.1) is 5.41 Å². The van der Waals surface area contributed by atoms with Crippen molar-refractivity contribution in [3.8, 4) is 0 Å². The van der Waals surface area contributed by atoms with Crippen LogP contribution in [0.2, 0.25) is 0 Å². The average Bonchev–Trinajstić information content (AvgIpc) is 2.54. The highest BCUT2D eigenvalue weighted by Crippen LogP contribution is 2.32. The molecule has 0 aromatic heterocycles. The number of rotatable bonds is 14. The third-order valence-corrected chi connectivity index (χ3v) is 3.91. The topological polar surface area (TPSA) is 52.6 Å². The summed E-state index contributed by atoms with van der Waals surface area (Å²) in [6.07, 6.45) is 8.80. The number of allylic oxidation sites excluding steroid dienone is 1. The smallest absolute Gasteiger partial charge is 0.323 e. The fourth-order valence-corrected chi connectivity index (χ4v) is 2.54.